The Balaban J connectivity index is 1.43. The summed E-state index contributed by atoms with van der Waals surface area (Å²) in [5.41, 5.74) is 1.53. The SMILES string of the molecule is O=C(Nc1ccccc1Cl)C1CCCN(c2ccc(-c3cccs3)nn2)C1. The molecule has 0 bridgehead atoms. The molecule has 1 N–H and O–H groups in total. The zero-order valence-electron chi connectivity index (χ0n) is 14.6. The summed E-state index contributed by atoms with van der Waals surface area (Å²) >= 11 is 7.79. The van der Waals surface area contributed by atoms with Crippen LogP contribution < -0.4 is 10.2 Å². The maximum atomic E-state index is 12.7. The normalized spacial score (nSPS) is 16.9. The number of amides is 1. The molecule has 1 aliphatic rings. The van der Waals surface area contributed by atoms with Crippen molar-refractivity contribution in [2.45, 2.75) is 12.8 Å². The molecule has 7 heteroatoms. The Morgan fingerprint density at radius 3 is 2.78 bits per heavy atom. The second-order valence-corrected chi connectivity index (χ2v) is 7.86. The molecule has 0 aliphatic carbocycles. The fraction of sp³-hybridized carbons (Fsp3) is 0.250. The molecule has 2 aromatic heterocycles. The van der Waals surface area contributed by atoms with Crippen LogP contribution in [0.4, 0.5) is 11.5 Å². The van der Waals surface area contributed by atoms with Crippen LogP contribution in [0.15, 0.2) is 53.9 Å². The van der Waals surface area contributed by atoms with Crippen LogP contribution in [0.5, 0.6) is 0 Å². The van der Waals surface area contributed by atoms with Gasteiger partial charge in [0.15, 0.2) is 5.82 Å². The molecule has 5 nitrogen and oxygen atoms in total. The summed E-state index contributed by atoms with van der Waals surface area (Å²) in [5.74, 6) is 0.704. The summed E-state index contributed by atoms with van der Waals surface area (Å²) < 4.78 is 0. The second kappa shape index (κ2) is 8.06. The summed E-state index contributed by atoms with van der Waals surface area (Å²) in [6, 6.07) is 15.3. The molecular weight excluding hydrogens is 380 g/mol. The second-order valence-electron chi connectivity index (χ2n) is 6.51. The van der Waals surface area contributed by atoms with Crippen LogP contribution >= 0.6 is 22.9 Å². The number of rotatable bonds is 4. The standard InChI is InChI=1S/C20H19ClN4OS/c21-15-6-1-2-7-16(15)22-20(26)14-5-3-11-25(13-14)19-10-9-17(23-24-19)18-8-4-12-27-18/h1-2,4,6-10,12,14H,3,5,11,13H2,(H,22,26). The van der Waals surface area contributed by atoms with Gasteiger partial charge < -0.3 is 10.2 Å². The van der Waals surface area contributed by atoms with Gasteiger partial charge in [0.25, 0.3) is 0 Å². The Morgan fingerprint density at radius 2 is 2.04 bits per heavy atom. The fourth-order valence-corrected chi connectivity index (χ4v) is 4.12. The first-order valence-electron chi connectivity index (χ1n) is 8.88. The fourth-order valence-electron chi connectivity index (χ4n) is 3.25. The van der Waals surface area contributed by atoms with Gasteiger partial charge in [-0.25, -0.2) is 0 Å². The van der Waals surface area contributed by atoms with E-state index in [0.717, 1.165) is 35.8 Å². The lowest BCUT2D eigenvalue weighted by Gasteiger charge is -2.32. The van der Waals surface area contributed by atoms with Crippen molar-refractivity contribution in [3.05, 3.63) is 58.9 Å². The third kappa shape index (κ3) is 4.12. The summed E-state index contributed by atoms with van der Waals surface area (Å²) in [4.78, 5) is 15.9. The average Bonchev–Trinajstić information content (AvgIpc) is 3.25. The number of halogens is 1. The highest BCUT2D eigenvalue weighted by Gasteiger charge is 2.27. The zero-order chi connectivity index (χ0) is 18.6. The summed E-state index contributed by atoms with van der Waals surface area (Å²) in [6.45, 7) is 1.51. The van der Waals surface area contributed by atoms with E-state index in [2.05, 4.69) is 20.4 Å². The first-order chi connectivity index (χ1) is 13.2. The van der Waals surface area contributed by atoms with Crippen molar-refractivity contribution >= 4 is 40.4 Å². The average molecular weight is 399 g/mol. The Morgan fingerprint density at radius 1 is 1.15 bits per heavy atom. The van der Waals surface area contributed by atoms with E-state index in [4.69, 9.17) is 11.6 Å². The summed E-state index contributed by atoms with van der Waals surface area (Å²) in [7, 11) is 0. The van der Waals surface area contributed by atoms with Crippen LogP contribution in [0, 0.1) is 5.92 Å². The number of carbonyl (C=O) groups is 1. The van der Waals surface area contributed by atoms with Crippen LogP contribution in [0.3, 0.4) is 0 Å². The number of aromatic nitrogens is 2. The van der Waals surface area contributed by atoms with Gasteiger partial charge in [0, 0.05) is 13.1 Å². The van der Waals surface area contributed by atoms with Gasteiger partial charge in [0.2, 0.25) is 5.91 Å². The van der Waals surface area contributed by atoms with Gasteiger partial charge in [-0.2, -0.15) is 0 Å². The molecule has 1 saturated heterocycles. The number of carbonyl (C=O) groups excluding carboxylic acids is 1. The summed E-state index contributed by atoms with van der Waals surface area (Å²) in [6.07, 6.45) is 1.79. The van der Waals surface area contributed by atoms with E-state index in [1.165, 1.54) is 0 Å². The molecular formula is C20H19ClN4OS. The van der Waals surface area contributed by atoms with Crippen molar-refractivity contribution in [3.8, 4) is 10.6 Å². The van der Waals surface area contributed by atoms with Crippen LogP contribution in [0.1, 0.15) is 12.8 Å². The van der Waals surface area contributed by atoms with Crippen LogP contribution in [-0.2, 0) is 4.79 Å². The molecule has 1 atom stereocenters. The molecule has 0 radical (unpaired) electrons. The largest absolute Gasteiger partial charge is 0.354 e. The first kappa shape index (κ1) is 17.9. The maximum absolute atomic E-state index is 12.7. The molecule has 0 saturated carbocycles. The van der Waals surface area contributed by atoms with E-state index in [1.54, 1.807) is 17.4 Å². The van der Waals surface area contributed by atoms with Crippen LogP contribution in [0.2, 0.25) is 5.02 Å². The van der Waals surface area contributed by atoms with Crippen molar-refractivity contribution in [3.63, 3.8) is 0 Å². The van der Waals surface area contributed by atoms with Gasteiger partial charge in [-0.1, -0.05) is 29.8 Å². The third-order valence-corrected chi connectivity index (χ3v) is 5.89. The van der Waals surface area contributed by atoms with Crippen molar-refractivity contribution in [2.24, 2.45) is 5.92 Å². The molecule has 3 aromatic rings. The molecule has 4 rings (SSSR count). The highest BCUT2D eigenvalue weighted by Crippen LogP contribution is 2.27. The molecule has 1 aliphatic heterocycles. The highest BCUT2D eigenvalue weighted by atomic mass is 35.5. The van der Waals surface area contributed by atoms with Crippen molar-refractivity contribution in [1.82, 2.24) is 10.2 Å². The number of thiophene rings is 1. The number of nitrogens with one attached hydrogen (secondary N) is 1. The Hall–Kier alpha value is -2.44. The molecule has 138 valence electrons. The Labute approximate surface area is 167 Å². The maximum Gasteiger partial charge on any atom is 0.229 e. The number of hydrogen-bond donors (Lipinski definition) is 1. The van der Waals surface area contributed by atoms with Gasteiger partial charge in [0.1, 0.15) is 5.69 Å². The minimum atomic E-state index is -0.103. The quantitative estimate of drug-likeness (QED) is 0.691. The van der Waals surface area contributed by atoms with E-state index >= 15 is 0 Å². The van der Waals surface area contributed by atoms with E-state index in [9.17, 15) is 4.79 Å². The molecule has 0 spiro atoms. The van der Waals surface area contributed by atoms with E-state index < -0.39 is 0 Å². The van der Waals surface area contributed by atoms with Gasteiger partial charge in [0.05, 0.1) is 21.5 Å². The van der Waals surface area contributed by atoms with Gasteiger partial charge in [-0.15, -0.1) is 21.5 Å². The Bertz CT molecular complexity index is 914. The lowest BCUT2D eigenvalue weighted by atomic mass is 9.97. The number of hydrogen-bond acceptors (Lipinski definition) is 5. The molecule has 1 aromatic carbocycles. The van der Waals surface area contributed by atoms with Crippen molar-refractivity contribution in [2.75, 3.05) is 23.3 Å². The smallest absolute Gasteiger partial charge is 0.229 e. The topological polar surface area (TPSA) is 58.1 Å². The predicted molar refractivity (Wildman–Crippen MR) is 110 cm³/mol. The van der Waals surface area contributed by atoms with Gasteiger partial charge in [-0.05, 0) is 48.6 Å². The lowest BCUT2D eigenvalue weighted by molar-refractivity contribution is -0.120. The monoisotopic (exact) mass is 398 g/mol. The number of piperidine rings is 1. The molecule has 1 unspecified atom stereocenters. The minimum Gasteiger partial charge on any atom is -0.354 e. The predicted octanol–water partition coefficient (Wildman–Crippen LogP) is 4.71. The van der Waals surface area contributed by atoms with E-state index in [-0.39, 0.29) is 11.8 Å². The van der Waals surface area contributed by atoms with Gasteiger partial charge in [-0.3, -0.25) is 4.79 Å². The number of para-hydroxylation sites is 1. The number of anilines is 2. The van der Waals surface area contributed by atoms with Crippen molar-refractivity contribution in [1.29, 1.82) is 0 Å². The minimum absolute atomic E-state index is 0.00374. The van der Waals surface area contributed by atoms with E-state index in [1.807, 2.05) is 47.8 Å². The molecule has 1 fully saturated rings. The number of nitrogens with zero attached hydrogens (tertiary/aromatic N) is 3. The van der Waals surface area contributed by atoms with Crippen LogP contribution in [-0.4, -0.2) is 29.2 Å². The molecule has 1 amide bonds. The van der Waals surface area contributed by atoms with Crippen molar-refractivity contribution < 1.29 is 4.79 Å². The number of benzene rings is 1. The van der Waals surface area contributed by atoms with Crippen LogP contribution in [0.25, 0.3) is 10.6 Å². The van der Waals surface area contributed by atoms with E-state index in [0.29, 0.717) is 17.3 Å². The highest BCUT2D eigenvalue weighted by molar-refractivity contribution is 7.13. The molecule has 3 heterocycles. The lowest BCUT2D eigenvalue weighted by Crippen LogP contribution is -2.41. The van der Waals surface area contributed by atoms with Gasteiger partial charge >= 0.3 is 0 Å². The summed E-state index contributed by atoms with van der Waals surface area (Å²) in [5, 5.41) is 14.2. The molecule has 27 heavy (non-hydrogen) atoms. The Kier molecular flexibility index (Phi) is 5.36. The third-order valence-electron chi connectivity index (χ3n) is 4.67. The first-order valence-corrected chi connectivity index (χ1v) is 10.1. The zero-order valence-corrected chi connectivity index (χ0v) is 16.2.